The van der Waals surface area contributed by atoms with E-state index in [9.17, 15) is 82.8 Å². The summed E-state index contributed by atoms with van der Waals surface area (Å²) in [5, 5.41) is 72.6. The second-order valence-corrected chi connectivity index (χ2v) is 24.9. The lowest BCUT2D eigenvalue weighted by Crippen LogP contribution is -2.62. The molecule has 0 spiro atoms. The molecule has 2 heterocycles. The number of carboxylic acid groups (broad SMARTS) is 2. The molecule has 3 rings (SSSR count). The number of carbonyl (C=O) groups is 13. The Kier molecular flexibility index (Phi) is 34.2. The van der Waals surface area contributed by atoms with E-state index in [1.54, 1.807) is 64.3 Å². The fraction of sp³-hybridized carbons (Fsp3) is 0.667. The van der Waals surface area contributed by atoms with Gasteiger partial charge in [0.2, 0.25) is 65.0 Å². The maximum absolute atomic E-state index is 14.5. The van der Waals surface area contributed by atoms with Gasteiger partial charge in [0.25, 0.3) is 0 Å². The minimum atomic E-state index is -1.80. The molecule has 0 aliphatic carbocycles. The van der Waals surface area contributed by atoms with Crippen LogP contribution in [0.1, 0.15) is 118 Å². The van der Waals surface area contributed by atoms with E-state index in [2.05, 4.69) is 52.8 Å². The first-order valence-corrected chi connectivity index (χ1v) is 32.8. The van der Waals surface area contributed by atoms with E-state index in [0.717, 1.165) is 0 Å². The van der Waals surface area contributed by atoms with Gasteiger partial charge in [0.05, 0.1) is 25.4 Å². The molecule has 34 heteroatoms. The van der Waals surface area contributed by atoms with Crippen LogP contribution >= 0.6 is 11.8 Å². The van der Waals surface area contributed by atoms with E-state index >= 15 is 0 Å². The smallest absolute Gasteiger partial charge is 0.326 e. The van der Waals surface area contributed by atoms with Crippen molar-refractivity contribution in [2.24, 2.45) is 34.0 Å². The molecule has 0 bridgehead atoms. The Morgan fingerprint density at radius 2 is 1.11 bits per heavy atom. The van der Waals surface area contributed by atoms with Crippen LogP contribution in [0.3, 0.4) is 0 Å². The van der Waals surface area contributed by atoms with Crippen LogP contribution in [-0.2, 0) is 68.7 Å². The third-order valence-corrected chi connectivity index (χ3v) is 16.6. The van der Waals surface area contributed by atoms with Crippen LogP contribution in [0.15, 0.2) is 35.3 Å². The average Bonchev–Trinajstić information content (AvgIpc) is 1.89. The number of aliphatic imine (C=N–C) groups is 1. The van der Waals surface area contributed by atoms with Crippen molar-refractivity contribution in [3.05, 3.63) is 35.9 Å². The molecule has 33 nitrogen and oxygen atoms in total. The summed E-state index contributed by atoms with van der Waals surface area (Å²) in [6.45, 7) is 7.44. The van der Waals surface area contributed by atoms with E-state index < -0.39 is 175 Å². The van der Waals surface area contributed by atoms with E-state index in [-0.39, 0.29) is 95.1 Å². The lowest BCUT2D eigenvalue weighted by Gasteiger charge is -2.31. The van der Waals surface area contributed by atoms with Crippen molar-refractivity contribution < 1.29 is 87.9 Å². The summed E-state index contributed by atoms with van der Waals surface area (Å²) in [6, 6.07) is -8.16. The molecular weight excluding hydrogens is 1250 g/mol. The lowest BCUT2D eigenvalue weighted by molar-refractivity contribution is -0.144. The normalized spacial score (nSPS) is 18.3. The number of amides is 11. The summed E-state index contributed by atoms with van der Waals surface area (Å²) in [5.74, 6) is -13.0. The maximum Gasteiger partial charge on any atom is 0.326 e. The third kappa shape index (κ3) is 25.6. The van der Waals surface area contributed by atoms with Gasteiger partial charge < -0.3 is 100 Å². The van der Waals surface area contributed by atoms with Crippen molar-refractivity contribution in [2.75, 3.05) is 44.9 Å². The van der Waals surface area contributed by atoms with Crippen LogP contribution in [0.2, 0.25) is 0 Å². The second kappa shape index (κ2) is 40.1. The van der Waals surface area contributed by atoms with E-state index in [1.807, 2.05) is 0 Å². The number of carboxylic acids is 2. The summed E-state index contributed by atoms with van der Waals surface area (Å²) in [6.07, 6.45) is 1.13. The predicted molar refractivity (Wildman–Crippen MR) is 343 cm³/mol. The molecule has 2 saturated heterocycles. The third-order valence-electron chi connectivity index (χ3n) is 15.9. The average molecular weight is 1350 g/mol. The number of guanidine groups is 1. The molecule has 20 N–H and O–H groups in total. The zero-order valence-corrected chi connectivity index (χ0v) is 55.1. The Morgan fingerprint density at radius 3 is 1.63 bits per heavy atom. The molecule has 1 aromatic rings. The number of aliphatic hydroxyl groups excluding tert-OH is 3. The highest BCUT2D eigenvalue weighted by Crippen LogP contribution is 2.23. The molecule has 526 valence electrons. The highest BCUT2D eigenvalue weighted by atomic mass is 32.2. The van der Waals surface area contributed by atoms with Crippen molar-refractivity contribution in [3.8, 4) is 0 Å². The number of rotatable bonds is 40. The molecule has 2 fully saturated rings. The number of thioether (sulfide) groups is 1. The number of likely N-dealkylation sites (tertiary alicyclic amines) is 2. The number of benzene rings is 1. The van der Waals surface area contributed by atoms with Gasteiger partial charge in [0, 0.05) is 32.5 Å². The Hall–Kier alpha value is -8.21. The van der Waals surface area contributed by atoms with Gasteiger partial charge >= 0.3 is 11.9 Å². The van der Waals surface area contributed by atoms with E-state index in [0.29, 0.717) is 24.8 Å². The van der Waals surface area contributed by atoms with Crippen molar-refractivity contribution in [2.45, 2.75) is 197 Å². The van der Waals surface area contributed by atoms with Gasteiger partial charge in [-0.25, -0.2) is 4.79 Å². The van der Waals surface area contributed by atoms with Crippen LogP contribution in [0.5, 0.6) is 0 Å². The Balaban J connectivity index is 1.71. The Bertz CT molecular complexity index is 2800. The van der Waals surface area contributed by atoms with E-state index in [1.165, 1.54) is 35.4 Å². The van der Waals surface area contributed by atoms with Gasteiger partial charge in [-0.05, 0) is 101 Å². The lowest BCUT2D eigenvalue weighted by atomic mass is 9.96. The van der Waals surface area contributed by atoms with Crippen molar-refractivity contribution in [1.29, 1.82) is 0 Å². The minimum absolute atomic E-state index is 0.0115. The highest BCUT2D eigenvalue weighted by molar-refractivity contribution is 7.98. The molecule has 0 unspecified atom stereocenters. The number of carbonyl (C=O) groups excluding carboxylic acids is 11. The van der Waals surface area contributed by atoms with Gasteiger partial charge in [-0.1, -0.05) is 64.4 Å². The zero-order valence-electron chi connectivity index (χ0n) is 54.3. The molecule has 0 saturated carbocycles. The molecule has 0 aromatic heterocycles. The van der Waals surface area contributed by atoms with Crippen molar-refractivity contribution in [1.82, 2.24) is 57.7 Å². The molecule has 2 aliphatic rings. The van der Waals surface area contributed by atoms with Gasteiger partial charge in [0.15, 0.2) is 5.96 Å². The SMILES string of the molecule is CC[C@H](C)[C@H](NC(=O)[C@@H](NC(=O)[C@H](CCSC)NC(=O)[C@H](CC(C)C)NC(=O)[C@H](CO)NC(=O)[C@H](CO)NC(=O)[C@H](C)NC(=O)[C@@H]1CCCN1C(=O)[C@H](Cc1ccccc1)NC(=O)[C@@H]1CCCN1C(=O)[C@@H](N)CCC(=O)O)[C@@H](C)O)C(=O)N[C@@H](CCCN=C(N)N)C(=O)O. The first-order valence-electron chi connectivity index (χ1n) is 31.4. The number of nitrogens with two attached hydrogens (primary N) is 3. The number of nitrogens with one attached hydrogen (secondary N) is 9. The minimum Gasteiger partial charge on any atom is -0.481 e. The quantitative estimate of drug-likeness (QED) is 0.0166. The second-order valence-electron chi connectivity index (χ2n) is 23.9. The number of nitrogens with zero attached hydrogens (tertiary/aromatic N) is 3. The van der Waals surface area contributed by atoms with Gasteiger partial charge in [-0.3, -0.25) is 62.5 Å². The molecule has 1 aromatic carbocycles. The van der Waals surface area contributed by atoms with Crippen LogP contribution in [0.4, 0.5) is 0 Å². The summed E-state index contributed by atoms with van der Waals surface area (Å²) in [7, 11) is 0. The molecule has 14 atom stereocenters. The molecule has 94 heavy (non-hydrogen) atoms. The van der Waals surface area contributed by atoms with Crippen molar-refractivity contribution in [3.63, 3.8) is 0 Å². The summed E-state index contributed by atoms with van der Waals surface area (Å²) >= 11 is 1.30. The maximum atomic E-state index is 14.5. The zero-order chi connectivity index (χ0) is 70.5. The summed E-state index contributed by atoms with van der Waals surface area (Å²) < 4.78 is 0. The number of hydrogen-bond donors (Lipinski definition) is 17. The fourth-order valence-electron chi connectivity index (χ4n) is 10.5. The Morgan fingerprint density at radius 1 is 0.606 bits per heavy atom. The summed E-state index contributed by atoms with van der Waals surface area (Å²) in [4.78, 5) is 182. The first kappa shape index (κ1) is 80.0. The molecular formula is C60H97N15O18S. The number of aliphatic carboxylic acids is 2. The summed E-state index contributed by atoms with van der Waals surface area (Å²) in [5.41, 5.74) is 17.4. The van der Waals surface area contributed by atoms with Crippen LogP contribution in [0, 0.1) is 11.8 Å². The topological polar surface area (TPSA) is 528 Å². The first-order chi connectivity index (χ1) is 44.4. The predicted octanol–water partition coefficient (Wildman–Crippen LogP) is -4.86. The van der Waals surface area contributed by atoms with Crippen LogP contribution in [-0.4, -0.2) is 242 Å². The standard InChI is InChI=1S/C60H97N15O18S/c1-8-32(4)46(55(88)67-38(59(92)93)17-12-23-64-60(62)63)72-56(89)47(34(6)78)73-49(82)37(22-26-94-7)66-50(83)39(27-31(2)3)68-51(84)42(30-77)71-52(85)41(29-76)70-48(81)33(5)65-53(86)43-18-14-25-75(43)58(91)40(28-35-15-10-9-11-16-35)69-54(87)44-19-13-24-74(44)57(90)36(61)20-21-45(79)80/h9-11,15-16,31-34,36-44,46-47,76-78H,8,12-14,17-30,61H2,1-7H3,(H,65,86)(H,66,83)(H,67,88)(H,68,84)(H,69,87)(H,70,81)(H,71,85)(H,72,89)(H,73,82)(H,79,80)(H,92,93)(H4,62,63,64)/t32-,33-,34+,36-,37-,38-,39-,40-,41-,42-,43-,44-,46-,47-/m0/s1. The Labute approximate surface area is 550 Å². The molecule has 0 radical (unpaired) electrons. The number of aliphatic hydroxyl groups is 3. The van der Waals surface area contributed by atoms with Crippen LogP contribution in [0.25, 0.3) is 0 Å². The van der Waals surface area contributed by atoms with Gasteiger partial charge in [-0.15, -0.1) is 0 Å². The highest BCUT2D eigenvalue weighted by Gasteiger charge is 2.43. The van der Waals surface area contributed by atoms with Gasteiger partial charge in [0.1, 0.15) is 66.5 Å². The molecule has 11 amide bonds. The molecule has 2 aliphatic heterocycles. The largest absolute Gasteiger partial charge is 0.481 e. The monoisotopic (exact) mass is 1350 g/mol. The van der Waals surface area contributed by atoms with Crippen LogP contribution < -0.4 is 65.1 Å². The van der Waals surface area contributed by atoms with Crippen molar-refractivity contribution >= 4 is 94.6 Å². The van der Waals surface area contributed by atoms with E-state index in [4.69, 9.17) is 22.3 Å². The number of hydrogen-bond acceptors (Lipinski definition) is 19. The van der Waals surface area contributed by atoms with Gasteiger partial charge in [-0.2, -0.15) is 11.8 Å². The fourth-order valence-corrected chi connectivity index (χ4v) is 10.9.